The van der Waals surface area contributed by atoms with Crippen LogP contribution < -0.4 is 0 Å². The van der Waals surface area contributed by atoms with Gasteiger partial charge in [-0.05, 0) is 38.2 Å². The van der Waals surface area contributed by atoms with Gasteiger partial charge >= 0.3 is 11.9 Å². The van der Waals surface area contributed by atoms with Crippen molar-refractivity contribution in [2.45, 2.75) is 51.2 Å². The van der Waals surface area contributed by atoms with Crippen LogP contribution in [-0.4, -0.2) is 24.1 Å². The van der Waals surface area contributed by atoms with Crippen molar-refractivity contribution < 1.29 is 19.1 Å². The molecular formula is C18H22O4. The number of hydrogen-bond acceptors (Lipinski definition) is 4. The lowest BCUT2D eigenvalue weighted by atomic mass is 9.94. The van der Waals surface area contributed by atoms with Crippen molar-refractivity contribution in [3.8, 4) is 0 Å². The zero-order valence-corrected chi connectivity index (χ0v) is 12.9. The summed E-state index contributed by atoms with van der Waals surface area (Å²) in [4.78, 5) is 23.7. The molecule has 1 aromatic carbocycles. The average molecular weight is 302 g/mol. The molecule has 0 spiro atoms. The molecule has 0 saturated heterocycles. The van der Waals surface area contributed by atoms with E-state index in [1.165, 1.54) is 0 Å². The van der Waals surface area contributed by atoms with Gasteiger partial charge < -0.3 is 9.47 Å². The zero-order chi connectivity index (χ0) is 15.9. The van der Waals surface area contributed by atoms with Crippen molar-refractivity contribution in [3.05, 3.63) is 48.0 Å². The predicted octanol–water partition coefficient (Wildman–Crippen LogP) is 3.20. The minimum atomic E-state index is -0.420. The van der Waals surface area contributed by atoms with Crippen LogP contribution in [0.5, 0.6) is 0 Å². The van der Waals surface area contributed by atoms with E-state index in [9.17, 15) is 9.59 Å². The molecule has 2 atom stereocenters. The Bertz CT molecular complexity index is 535. The van der Waals surface area contributed by atoms with Gasteiger partial charge in [0.25, 0.3) is 0 Å². The second-order valence-electron chi connectivity index (χ2n) is 5.70. The number of ether oxygens (including phenoxy) is 2. The van der Waals surface area contributed by atoms with Crippen LogP contribution in [0.25, 0.3) is 0 Å². The summed E-state index contributed by atoms with van der Waals surface area (Å²) in [5, 5.41) is 0. The highest BCUT2D eigenvalue weighted by atomic mass is 16.6. The van der Waals surface area contributed by atoms with E-state index in [0.29, 0.717) is 5.57 Å². The second kappa shape index (κ2) is 7.78. The molecule has 1 aliphatic carbocycles. The number of rotatable bonds is 5. The first kappa shape index (κ1) is 16.3. The van der Waals surface area contributed by atoms with E-state index >= 15 is 0 Å². The van der Waals surface area contributed by atoms with Crippen LogP contribution >= 0.6 is 0 Å². The summed E-state index contributed by atoms with van der Waals surface area (Å²) in [7, 11) is 0. The van der Waals surface area contributed by atoms with E-state index in [2.05, 4.69) is 6.58 Å². The van der Waals surface area contributed by atoms with Gasteiger partial charge in [0, 0.05) is 5.57 Å². The van der Waals surface area contributed by atoms with Gasteiger partial charge in [-0.3, -0.25) is 4.79 Å². The fourth-order valence-corrected chi connectivity index (χ4v) is 2.54. The summed E-state index contributed by atoms with van der Waals surface area (Å²) in [5.74, 6) is -0.703. The molecule has 0 N–H and O–H groups in total. The normalized spacial score (nSPS) is 21.0. The molecule has 1 aromatic rings. The van der Waals surface area contributed by atoms with Crippen LogP contribution in [0.4, 0.5) is 0 Å². The average Bonchev–Trinajstić information content (AvgIpc) is 2.50. The van der Waals surface area contributed by atoms with Crippen molar-refractivity contribution in [1.29, 1.82) is 0 Å². The lowest BCUT2D eigenvalue weighted by molar-refractivity contribution is -0.168. The van der Waals surface area contributed by atoms with Crippen LogP contribution in [0.15, 0.2) is 42.5 Å². The number of carbonyl (C=O) groups excluding carboxylic acids is 2. The molecule has 0 amide bonds. The molecular weight excluding hydrogens is 280 g/mol. The smallest absolute Gasteiger partial charge is 0.333 e. The molecule has 0 heterocycles. The maximum Gasteiger partial charge on any atom is 0.333 e. The lowest BCUT2D eigenvalue weighted by Crippen LogP contribution is -2.38. The summed E-state index contributed by atoms with van der Waals surface area (Å²) >= 11 is 0. The molecule has 4 heteroatoms. The van der Waals surface area contributed by atoms with Crippen molar-refractivity contribution in [2.24, 2.45) is 0 Å². The molecule has 0 aromatic heterocycles. The second-order valence-corrected chi connectivity index (χ2v) is 5.70. The van der Waals surface area contributed by atoms with E-state index in [4.69, 9.17) is 9.47 Å². The Labute approximate surface area is 131 Å². The molecule has 1 fully saturated rings. The highest BCUT2D eigenvalue weighted by Gasteiger charge is 2.31. The van der Waals surface area contributed by atoms with Crippen molar-refractivity contribution in [1.82, 2.24) is 0 Å². The number of benzene rings is 1. The fraction of sp³-hybridized carbons (Fsp3) is 0.444. The Morgan fingerprint density at radius 1 is 1.09 bits per heavy atom. The van der Waals surface area contributed by atoms with Gasteiger partial charge in [0.1, 0.15) is 12.2 Å². The van der Waals surface area contributed by atoms with Gasteiger partial charge in [-0.2, -0.15) is 0 Å². The minimum absolute atomic E-state index is 0.235. The van der Waals surface area contributed by atoms with E-state index < -0.39 is 5.97 Å². The third-order valence-corrected chi connectivity index (χ3v) is 3.72. The molecule has 1 saturated carbocycles. The fourth-order valence-electron chi connectivity index (χ4n) is 2.54. The van der Waals surface area contributed by atoms with Crippen molar-refractivity contribution in [2.75, 3.05) is 0 Å². The molecule has 0 bridgehead atoms. The quantitative estimate of drug-likeness (QED) is 0.619. The van der Waals surface area contributed by atoms with E-state index in [1.807, 2.05) is 30.3 Å². The van der Waals surface area contributed by atoms with Crippen molar-refractivity contribution in [3.63, 3.8) is 0 Å². The van der Waals surface area contributed by atoms with Crippen LogP contribution in [0, 0.1) is 0 Å². The number of hydrogen-bond donors (Lipinski definition) is 0. The molecule has 0 aliphatic heterocycles. The monoisotopic (exact) mass is 302 g/mol. The molecule has 1 aliphatic rings. The first-order valence-electron chi connectivity index (χ1n) is 7.66. The number of carbonyl (C=O) groups is 2. The molecule has 4 nitrogen and oxygen atoms in total. The highest BCUT2D eigenvalue weighted by Crippen LogP contribution is 2.25. The topological polar surface area (TPSA) is 52.6 Å². The predicted molar refractivity (Wildman–Crippen MR) is 83.2 cm³/mol. The summed E-state index contributed by atoms with van der Waals surface area (Å²) < 4.78 is 10.9. The molecule has 22 heavy (non-hydrogen) atoms. The first-order chi connectivity index (χ1) is 10.6. The Morgan fingerprint density at radius 2 is 1.68 bits per heavy atom. The van der Waals surface area contributed by atoms with Crippen LogP contribution in [0.1, 0.15) is 38.2 Å². The van der Waals surface area contributed by atoms with Crippen LogP contribution in [-0.2, 0) is 25.5 Å². The zero-order valence-electron chi connectivity index (χ0n) is 12.9. The van der Waals surface area contributed by atoms with Gasteiger partial charge in [0.05, 0.1) is 6.42 Å². The maximum absolute atomic E-state index is 12.1. The third kappa shape index (κ3) is 4.72. The molecule has 2 rings (SSSR count). The molecule has 2 unspecified atom stereocenters. The van der Waals surface area contributed by atoms with Gasteiger partial charge in [-0.25, -0.2) is 4.79 Å². The summed E-state index contributed by atoms with van der Waals surface area (Å²) in [6.07, 6.45) is 2.92. The molecule has 118 valence electrons. The van der Waals surface area contributed by atoms with Crippen LogP contribution in [0.2, 0.25) is 0 Å². The maximum atomic E-state index is 12.1. The largest absolute Gasteiger partial charge is 0.458 e. The Morgan fingerprint density at radius 3 is 2.27 bits per heavy atom. The lowest BCUT2D eigenvalue weighted by Gasteiger charge is -2.30. The third-order valence-electron chi connectivity index (χ3n) is 3.72. The SMILES string of the molecule is C=C(C)C(=O)OC1CCCCC1OC(=O)Cc1ccccc1. The van der Waals surface area contributed by atoms with Crippen LogP contribution in [0.3, 0.4) is 0 Å². The summed E-state index contributed by atoms with van der Waals surface area (Å²) in [6.45, 7) is 5.19. The summed E-state index contributed by atoms with van der Waals surface area (Å²) in [5.41, 5.74) is 1.28. The van der Waals surface area contributed by atoms with Gasteiger partial charge in [-0.15, -0.1) is 0 Å². The minimum Gasteiger partial charge on any atom is -0.458 e. The number of esters is 2. The standard InChI is InChI=1S/C18H22O4/c1-13(2)18(20)22-16-11-7-6-10-15(16)21-17(19)12-14-8-4-3-5-9-14/h3-5,8-9,15-16H,1,6-7,10-12H2,2H3. The van der Waals surface area contributed by atoms with Gasteiger partial charge in [0.2, 0.25) is 0 Å². The Balaban J connectivity index is 1.92. The Kier molecular flexibility index (Phi) is 5.75. The van der Waals surface area contributed by atoms with E-state index in [1.54, 1.807) is 6.92 Å². The Hall–Kier alpha value is -2.10. The van der Waals surface area contributed by atoms with E-state index in [0.717, 1.165) is 31.2 Å². The highest BCUT2D eigenvalue weighted by molar-refractivity contribution is 5.87. The summed E-state index contributed by atoms with van der Waals surface area (Å²) in [6, 6.07) is 9.46. The van der Waals surface area contributed by atoms with E-state index in [-0.39, 0.29) is 24.6 Å². The van der Waals surface area contributed by atoms with Crippen molar-refractivity contribution >= 4 is 11.9 Å². The first-order valence-corrected chi connectivity index (χ1v) is 7.66. The molecule has 0 radical (unpaired) electrons. The van der Waals surface area contributed by atoms with Gasteiger partial charge in [0.15, 0.2) is 0 Å². The van der Waals surface area contributed by atoms with Gasteiger partial charge in [-0.1, -0.05) is 36.9 Å².